The van der Waals surface area contributed by atoms with E-state index in [0.717, 1.165) is 25.7 Å². The second-order valence-corrected chi connectivity index (χ2v) is 6.03. The Labute approximate surface area is 78.5 Å². The number of rotatable bonds is 1. The lowest BCUT2D eigenvalue weighted by atomic mass is 9.87. The average molecular weight is 272 g/mol. The molecule has 0 aliphatic heterocycles. The smallest absolute Gasteiger partial charge is 0.0983 e. The zero-order chi connectivity index (χ0) is 7.61. The minimum Gasteiger partial charge on any atom is -0.388 e. The maximum absolute atomic E-state index is 9.85. The molecule has 0 radical (unpaired) electrons. The number of hydrogen-bond acceptors (Lipinski definition) is 1. The van der Waals surface area contributed by atoms with Crippen LogP contribution >= 0.6 is 31.9 Å². The lowest BCUT2D eigenvalue weighted by Crippen LogP contribution is -2.37. The van der Waals surface area contributed by atoms with Crippen LogP contribution in [0.4, 0.5) is 0 Å². The van der Waals surface area contributed by atoms with Gasteiger partial charge in [0.25, 0.3) is 0 Å². The molecule has 1 N–H and O–H groups in total. The lowest BCUT2D eigenvalue weighted by Gasteiger charge is -2.33. The SMILES string of the molecule is OC1(C(Br)Br)CCCCC1. The minimum atomic E-state index is -0.488. The third kappa shape index (κ3) is 1.95. The Morgan fingerprint density at radius 2 is 1.60 bits per heavy atom. The molecule has 60 valence electrons. The Morgan fingerprint density at radius 1 is 1.10 bits per heavy atom. The lowest BCUT2D eigenvalue weighted by molar-refractivity contribution is 0.0226. The van der Waals surface area contributed by atoms with Crippen LogP contribution in [0.3, 0.4) is 0 Å². The molecule has 10 heavy (non-hydrogen) atoms. The van der Waals surface area contributed by atoms with Crippen molar-refractivity contribution in [3.8, 4) is 0 Å². The van der Waals surface area contributed by atoms with E-state index < -0.39 is 5.60 Å². The van der Waals surface area contributed by atoms with Crippen molar-refractivity contribution in [2.45, 2.75) is 41.4 Å². The molecule has 3 heteroatoms. The highest BCUT2D eigenvalue weighted by Gasteiger charge is 2.34. The number of halogens is 2. The largest absolute Gasteiger partial charge is 0.388 e. The Hall–Kier alpha value is 0.920. The molecule has 1 aliphatic rings. The van der Waals surface area contributed by atoms with Gasteiger partial charge in [-0.1, -0.05) is 51.1 Å². The first kappa shape index (κ1) is 9.01. The Bertz CT molecular complexity index is 108. The summed E-state index contributed by atoms with van der Waals surface area (Å²) in [7, 11) is 0. The van der Waals surface area contributed by atoms with Gasteiger partial charge in [-0.25, -0.2) is 0 Å². The molecule has 0 aromatic carbocycles. The summed E-state index contributed by atoms with van der Waals surface area (Å²) < 4.78 is 0.0628. The summed E-state index contributed by atoms with van der Waals surface area (Å²) >= 11 is 6.72. The molecule has 1 aliphatic carbocycles. The first-order valence-electron chi connectivity index (χ1n) is 3.66. The summed E-state index contributed by atoms with van der Waals surface area (Å²) in [6.07, 6.45) is 5.44. The fraction of sp³-hybridized carbons (Fsp3) is 1.00. The van der Waals surface area contributed by atoms with E-state index in [2.05, 4.69) is 31.9 Å². The van der Waals surface area contributed by atoms with Crippen LogP contribution in [-0.4, -0.2) is 14.4 Å². The van der Waals surface area contributed by atoms with E-state index in [1.54, 1.807) is 0 Å². The number of hydrogen-bond donors (Lipinski definition) is 1. The Morgan fingerprint density at radius 3 is 1.90 bits per heavy atom. The summed E-state index contributed by atoms with van der Waals surface area (Å²) in [4.78, 5) is 0. The van der Waals surface area contributed by atoms with Crippen LogP contribution in [0.15, 0.2) is 0 Å². The third-order valence-electron chi connectivity index (χ3n) is 2.13. The van der Waals surface area contributed by atoms with E-state index >= 15 is 0 Å². The number of aliphatic hydroxyl groups is 1. The van der Waals surface area contributed by atoms with E-state index in [9.17, 15) is 5.11 Å². The van der Waals surface area contributed by atoms with E-state index in [0.29, 0.717) is 0 Å². The van der Waals surface area contributed by atoms with Gasteiger partial charge in [0.2, 0.25) is 0 Å². The van der Waals surface area contributed by atoms with E-state index in [4.69, 9.17) is 0 Å². The van der Waals surface area contributed by atoms with Crippen LogP contribution in [0.2, 0.25) is 0 Å². The minimum absolute atomic E-state index is 0.0628. The van der Waals surface area contributed by atoms with Crippen molar-refractivity contribution in [1.29, 1.82) is 0 Å². The number of alkyl halides is 2. The fourth-order valence-electron chi connectivity index (χ4n) is 1.38. The van der Waals surface area contributed by atoms with Gasteiger partial charge in [-0.15, -0.1) is 0 Å². The van der Waals surface area contributed by atoms with Gasteiger partial charge in [-0.3, -0.25) is 0 Å². The van der Waals surface area contributed by atoms with Gasteiger partial charge in [0.15, 0.2) is 0 Å². The molecule has 1 fully saturated rings. The summed E-state index contributed by atoms with van der Waals surface area (Å²) in [5.74, 6) is 0. The van der Waals surface area contributed by atoms with Crippen LogP contribution in [-0.2, 0) is 0 Å². The van der Waals surface area contributed by atoms with Crippen LogP contribution in [0.1, 0.15) is 32.1 Å². The quantitative estimate of drug-likeness (QED) is 0.728. The zero-order valence-electron chi connectivity index (χ0n) is 5.82. The predicted octanol–water partition coefficient (Wildman–Crippen LogP) is 2.80. The van der Waals surface area contributed by atoms with E-state index in [1.807, 2.05) is 0 Å². The molecule has 1 rings (SSSR count). The normalized spacial score (nSPS) is 25.2. The fourth-order valence-corrected chi connectivity index (χ4v) is 2.30. The molecule has 0 amide bonds. The maximum Gasteiger partial charge on any atom is 0.0983 e. The van der Waals surface area contributed by atoms with Gasteiger partial charge < -0.3 is 5.11 Å². The molecule has 0 aromatic heterocycles. The third-order valence-corrected chi connectivity index (χ3v) is 3.83. The van der Waals surface area contributed by atoms with Crippen molar-refractivity contribution < 1.29 is 5.11 Å². The van der Waals surface area contributed by atoms with Crippen molar-refractivity contribution in [2.75, 3.05) is 0 Å². The predicted molar refractivity (Wildman–Crippen MR) is 49.7 cm³/mol. The highest BCUT2D eigenvalue weighted by atomic mass is 79.9. The van der Waals surface area contributed by atoms with Crippen LogP contribution in [0.25, 0.3) is 0 Å². The monoisotopic (exact) mass is 270 g/mol. The maximum atomic E-state index is 9.85. The summed E-state index contributed by atoms with van der Waals surface area (Å²) in [5.41, 5.74) is -0.488. The first-order chi connectivity index (χ1) is 4.65. The molecule has 1 saturated carbocycles. The van der Waals surface area contributed by atoms with Gasteiger partial charge in [0, 0.05) is 0 Å². The molecule has 0 saturated heterocycles. The standard InChI is InChI=1S/C7H12Br2O/c8-6(9)7(10)4-2-1-3-5-7/h6,10H,1-5H2. The second-order valence-electron chi connectivity index (χ2n) is 2.96. The van der Waals surface area contributed by atoms with Gasteiger partial charge in [-0.05, 0) is 12.8 Å². The molecule has 0 heterocycles. The van der Waals surface area contributed by atoms with Crippen molar-refractivity contribution in [3.05, 3.63) is 0 Å². The highest BCUT2D eigenvalue weighted by molar-refractivity contribution is 9.24. The van der Waals surface area contributed by atoms with E-state index in [1.165, 1.54) is 6.42 Å². The van der Waals surface area contributed by atoms with Crippen molar-refractivity contribution >= 4 is 31.9 Å². The van der Waals surface area contributed by atoms with E-state index in [-0.39, 0.29) is 3.74 Å². The Balaban J connectivity index is 2.48. The van der Waals surface area contributed by atoms with Gasteiger partial charge in [0.1, 0.15) is 0 Å². The first-order valence-corrected chi connectivity index (χ1v) is 5.49. The van der Waals surface area contributed by atoms with Crippen LogP contribution < -0.4 is 0 Å². The van der Waals surface area contributed by atoms with Crippen molar-refractivity contribution in [2.24, 2.45) is 0 Å². The second kappa shape index (κ2) is 3.55. The molecule has 1 nitrogen and oxygen atoms in total. The van der Waals surface area contributed by atoms with Crippen LogP contribution in [0, 0.1) is 0 Å². The molecule has 0 atom stereocenters. The molecular weight excluding hydrogens is 260 g/mol. The molecule has 0 spiro atoms. The van der Waals surface area contributed by atoms with Crippen molar-refractivity contribution in [3.63, 3.8) is 0 Å². The van der Waals surface area contributed by atoms with Gasteiger partial charge in [-0.2, -0.15) is 0 Å². The average Bonchev–Trinajstić information content (AvgIpc) is 1.89. The molecule has 0 unspecified atom stereocenters. The zero-order valence-corrected chi connectivity index (χ0v) is 8.99. The van der Waals surface area contributed by atoms with Gasteiger partial charge >= 0.3 is 0 Å². The Kier molecular flexibility index (Phi) is 3.20. The van der Waals surface area contributed by atoms with Crippen molar-refractivity contribution in [1.82, 2.24) is 0 Å². The molecular formula is C7H12Br2O. The topological polar surface area (TPSA) is 20.2 Å². The van der Waals surface area contributed by atoms with Crippen LogP contribution in [0.5, 0.6) is 0 Å². The van der Waals surface area contributed by atoms with Gasteiger partial charge in [0.05, 0.1) is 9.34 Å². The summed E-state index contributed by atoms with van der Waals surface area (Å²) in [6.45, 7) is 0. The molecule has 0 aromatic rings. The summed E-state index contributed by atoms with van der Waals surface area (Å²) in [5, 5.41) is 9.85. The molecule has 0 bridgehead atoms. The highest BCUT2D eigenvalue weighted by Crippen LogP contribution is 2.36. The summed E-state index contributed by atoms with van der Waals surface area (Å²) in [6, 6.07) is 0.